The van der Waals surface area contributed by atoms with Crippen molar-refractivity contribution in [2.45, 2.75) is 10.9 Å². The van der Waals surface area contributed by atoms with Gasteiger partial charge >= 0.3 is 0 Å². The molecule has 0 radical (unpaired) electrons. The van der Waals surface area contributed by atoms with Crippen LogP contribution in [0, 0.1) is 0 Å². The Bertz CT molecular complexity index is 1800. The van der Waals surface area contributed by atoms with E-state index < -0.39 is 0 Å². The van der Waals surface area contributed by atoms with Crippen molar-refractivity contribution in [3.8, 4) is 11.4 Å². The molecule has 0 amide bonds. The van der Waals surface area contributed by atoms with Crippen LogP contribution in [0.15, 0.2) is 88.9 Å². The first-order valence-corrected chi connectivity index (χ1v) is 12.2. The van der Waals surface area contributed by atoms with Crippen LogP contribution < -0.4 is 10.3 Å². The van der Waals surface area contributed by atoms with Gasteiger partial charge in [-0.3, -0.25) is 14.2 Å². The van der Waals surface area contributed by atoms with Crippen LogP contribution in [0.2, 0.25) is 5.02 Å². The van der Waals surface area contributed by atoms with Gasteiger partial charge in [-0.25, -0.2) is 4.57 Å². The summed E-state index contributed by atoms with van der Waals surface area (Å²) in [7, 11) is 1.60. The molecule has 0 bridgehead atoms. The highest BCUT2D eigenvalue weighted by Gasteiger charge is 2.18. The topological polar surface area (TPSA) is 74.3 Å². The zero-order valence-corrected chi connectivity index (χ0v) is 20.1. The second-order valence-electron chi connectivity index (χ2n) is 7.87. The lowest BCUT2D eigenvalue weighted by atomic mass is 10.1. The van der Waals surface area contributed by atoms with Crippen LogP contribution >= 0.6 is 23.4 Å². The molecule has 7 nitrogen and oxygen atoms in total. The van der Waals surface area contributed by atoms with Crippen LogP contribution in [-0.2, 0) is 5.75 Å². The number of ether oxygens (including phenoxy) is 1. The van der Waals surface area contributed by atoms with Gasteiger partial charge in [-0.2, -0.15) is 0 Å². The van der Waals surface area contributed by atoms with Crippen molar-refractivity contribution < 1.29 is 4.74 Å². The van der Waals surface area contributed by atoms with Crippen molar-refractivity contribution in [2.24, 2.45) is 0 Å². The summed E-state index contributed by atoms with van der Waals surface area (Å²) in [6.45, 7) is 0. The SMILES string of the molecule is COc1cccc(-n2c(=O)c3ccccc3n3c(SCc4ccc(Cl)c5cccnc45)nnc23)c1. The van der Waals surface area contributed by atoms with E-state index >= 15 is 0 Å². The number of aromatic nitrogens is 5. The maximum Gasteiger partial charge on any atom is 0.267 e. The molecule has 3 heterocycles. The van der Waals surface area contributed by atoms with E-state index in [0.29, 0.717) is 38.5 Å². The van der Waals surface area contributed by atoms with Crippen molar-refractivity contribution >= 4 is 50.9 Å². The summed E-state index contributed by atoms with van der Waals surface area (Å²) in [6, 6.07) is 22.5. The number of pyridine rings is 1. The van der Waals surface area contributed by atoms with E-state index in [2.05, 4.69) is 15.2 Å². The van der Waals surface area contributed by atoms with Gasteiger partial charge in [0.2, 0.25) is 5.78 Å². The molecule has 0 aliphatic carbocycles. The lowest BCUT2D eigenvalue weighted by Crippen LogP contribution is -2.21. The number of halogens is 1. The molecule has 3 aromatic carbocycles. The van der Waals surface area contributed by atoms with Crippen molar-refractivity contribution in [1.82, 2.24) is 24.1 Å². The van der Waals surface area contributed by atoms with Crippen molar-refractivity contribution in [3.63, 3.8) is 0 Å². The van der Waals surface area contributed by atoms with Gasteiger partial charge in [0, 0.05) is 28.4 Å². The second kappa shape index (κ2) is 8.72. The van der Waals surface area contributed by atoms with Crippen LogP contribution in [0.5, 0.6) is 5.75 Å². The molecule has 0 N–H and O–H groups in total. The molecule has 0 saturated carbocycles. The molecule has 172 valence electrons. The molecular formula is C26H18ClN5O2S. The number of para-hydroxylation sites is 1. The van der Waals surface area contributed by atoms with Crippen LogP contribution in [0.3, 0.4) is 0 Å². The lowest BCUT2D eigenvalue weighted by molar-refractivity contribution is 0.414. The minimum atomic E-state index is -0.168. The van der Waals surface area contributed by atoms with Crippen molar-refractivity contribution in [1.29, 1.82) is 0 Å². The zero-order chi connectivity index (χ0) is 23.9. The summed E-state index contributed by atoms with van der Waals surface area (Å²) in [5, 5.41) is 11.7. The first kappa shape index (κ1) is 21.6. The van der Waals surface area contributed by atoms with Gasteiger partial charge in [-0.05, 0) is 48.0 Å². The predicted molar refractivity (Wildman–Crippen MR) is 139 cm³/mol. The summed E-state index contributed by atoms with van der Waals surface area (Å²) in [4.78, 5) is 18.1. The Morgan fingerprint density at radius 2 is 1.83 bits per heavy atom. The number of hydrogen-bond acceptors (Lipinski definition) is 6. The molecule has 6 aromatic rings. The van der Waals surface area contributed by atoms with Gasteiger partial charge in [-0.1, -0.05) is 47.6 Å². The Hall–Kier alpha value is -3.88. The number of fused-ring (bicyclic) bond motifs is 4. The molecule has 0 aliphatic rings. The van der Waals surface area contributed by atoms with E-state index in [1.54, 1.807) is 17.9 Å². The zero-order valence-electron chi connectivity index (χ0n) is 18.6. The molecule has 6 rings (SSSR count). The highest BCUT2D eigenvalue weighted by atomic mass is 35.5. The fourth-order valence-electron chi connectivity index (χ4n) is 4.21. The third-order valence-corrected chi connectivity index (χ3v) is 7.17. The van der Waals surface area contributed by atoms with Crippen molar-refractivity contribution in [2.75, 3.05) is 7.11 Å². The van der Waals surface area contributed by atoms with Gasteiger partial charge < -0.3 is 4.74 Å². The third-order valence-electron chi connectivity index (χ3n) is 5.86. The van der Waals surface area contributed by atoms with Gasteiger partial charge in [0.05, 0.1) is 29.2 Å². The van der Waals surface area contributed by atoms with Crippen LogP contribution in [0.4, 0.5) is 0 Å². The summed E-state index contributed by atoms with van der Waals surface area (Å²) < 4.78 is 8.87. The number of rotatable bonds is 5. The molecule has 35 heavy (non-hydrogen) atoms. The van der Waals surface area contributed by atoms with E-state index in [4.69, 9.17) is 16.3 Å². The van der Waals surface area contributed by atoms with E-state index in [1.165, 1.54) is 11.8 Å². The van der Waals surface area contributed by atoms with Crippen LogP contribution in [-0.4, -0.2) is 31.3 Å². The molecule has 0 spiro atoms. The van der Waals surface area contributed by atoms with Crippen LogP contribution in [0.25, 0.3) is 33.3 Å². The smallest absolute Gasteiger partial charge is 0.267 e. The highest BCUT2D eigenvalue weighted by molar-refractivity contribution is 7.98. The minimum absolute atomic E-state index is 0.168. The Morgan fingerprint density at radius 3 is 2.71 bits per heavy atom. The molecular weight excluding hydrogens is 482 g/mol. The predicted octanol–water partition coefficient (Wildman–Crippen LogP) is 5.54. The molecule has 9 heteroatoms. The Balaban J connectivity index is 1.52. The summed E-state index contributed by atoms with van der Waals surface area (Å²) in [6.07, 6.45) is 1.76. The van der Waals surface area contributed by atoms with Gasteiger partial charge in [0.1, 0.15) is 5.75 Å². The number of thioether (sulfide) groups is 1. The molecule has 0 fully saturated rings. The lowest BCUT2D eigenvalue weighted by Gasteiger charge is -2.12. The second-order valence-corrected chi connectivity index (χ2v) is 9.22. The molecule has 0 atom stereocenters. The van der Waals surface area contributed by atoms with E-state index in [0.717, 1.165) is 22.0 Å². The van der Waals surface area contributed by atoms with E-state index in [1.807, 2.05) is 77.2 Å². The fourth-order valence-corrected chi connectivity index (χ4v) is 5.35. The molecule has 0 aliphatic heterocycles. The highest BCUT2D eigenvalue weighted by Crippen LogP contribution is 2.31. The number of methoxy groups -OCH3 is 1. The molecule has 0 saturated heterocycles. The quantitative estimate of drug-likeness (QED) is 0.290. The van der Waals surface area contributed by atoms with E-state index in [9.17, 15) is 4.79 Å². The Labute approximate surface area is 209 Å². The summed E-state index contributed by atoms with van der Waals surface area (Å²) in [5.41, 5.74) is 3.13. The van der Waals surface area contributed by atoms with Crippen molar-refractivity contribution in [3.05, 3.63) is 99.9 Å². The summed E-state index contributed by atoms with van der Waals surface area (Å²) >= 11 is 7.90. The minimum Gasteiger partial charge on any atom is -0.497 e. The molecule has 3 aromatic heterocycles. The fraction of sp³-hybridized carbons (Fsp3) is 0.0769. The van der Waals surface area contributed by atoms with E-state index in [-0.39, 0.29) is 5.56 Å². The number of benzene rings is 3. The monoisotopic (exact) mass is 499 g/mol. The number of nitrogens with zero attached hydrogens (tertiary/aromatic N) is 5. The van der Waals surface area contributed by atoms with Gasteiger partial charge in [0.15, 0.2) is 5.16 Å². The van der Waals surface area contributed by atoms with Gasteiger partial charge in [0.25, 0.3) is 5.56 Å². The summed E-state index contributed by atoms with van der Waals surface area (Å²) in [5.74, 6) is 1.69. The average molecular weight is 500 g/mol. The first-order chi connectivity index (χ1) is 17.2. The maximum absolute atomic E-state index is 13.5. The normalized spacial score (nSPS) is 11.5. The standard InChI is InChI=1S/C26H18ClN5O2S/c1-34-18-7-4-6-17(14-18)31-24(33)20-8-2-3-10-22(20)32-25(31)29-30-26(32)35-15-16-11-12-21(27)19-9-5-13-28-23(16)19/h2-14H,15H2,1H3. The van der Waals surface area contributed by atoms with Crippen LogP contribution in [0.1, 0.15) is 5.56 Å². The average Bonchev–Trinajstić information content (AvgIpc) is 3.32. The third kappa shape index (κ3) is 3.62. The molecule has 0 unspecified atom stereocenters. The number of hydrogen-bond donors (Lipinski definition) is 0. The Morgan fingerprint density at radius 1 is 0.971 bits per heavy atom. The maximum atomic E-state index is 13.5. The first-order valence-electron chi connectivity index (χ1n) is 10.8. The Kier molecular flexibility index (Phi) is 5.39. The van der Waals surface area contributed by atoms with Gasteiger partial charge in [-0.15, -0.1) is 10.2 Å². The largest absolute Gasteiger partial charge is 0.497 e.